The summed E-state index contributed by atoms with van der Waals surface area (Å²) in [5, 5.41) is 0.925. The molecule has 0 fully saturated rings. The van der Waals surface area contributed by atoms with Gasteiger partial charge >= 0.3 is 0 Å². The van der Waals surface area contributed by atoms with E-state index in [4.69, 9.17) is 11.6 Å². The maximum Gasteiger partial charge on any atom is 0.0444 e. The molecule has 1 heteroatoms. The van der Waals surface area contributed by atoms with Gasteiger partial charge in [0.1, 0.15) is 0 Å². The van der Waals surface area contributed by atoms with E-state index in [1.54, 1.807) is 0 Å². The van der Waals surface area contributed by atoms with E-state index in [-0.39, 0.29) is 0 Å². The summed E-state index contributed by atoms with van der Waals surface area (Å²) in [5.74, 6) is 0. The first-order chi connectivity index (χ1) is 6.79. The molecule has 1 aromatic rings. The molecular formula is C13H17Cl. The molecule has 0 heterocycles. The number of benzene rings is 1. The predicted octanol–water partition coefficient (Wildman–Crippen LogP) is 4.55. The Labute approximate surface area is 91.6 Å². The van der Waals surface area contributed by atoms with Crippen LogP contribution in [0.5, 0.6) is 0 Å². The van der Waals surface area contributed by atoms with E-state index in [9.17, 15) is 0 Å². The van der Waals surface area contributed by atoms with Crippen molar-refractivity contribution in [3.05, 3.63) is 41.0 Å². The van der Waals surface area contributed by atoms with Gasteiger partial charge in [0, 0.05) is 5.03 Å². The minimum absolute atomic E-state index is 0.925. The van der Waals surface area contributed by atoms with Crippen LogP contribution < -0.4 is 0 Å². The molecule has 2 rings (SSSR count). The van der Waals surface area contributed by atoms with Crippen molar-refractivity contribution < 1.29 is 0 Å². The lowest BCUT2D eigenvalue weighted by atomic mass is 9.94. The molecule has 1 aliphatic rings. The maximum atomic E-state index is 6.11. The second-order valence-corrected chi connectivity index (χ2v) is 3.61. The van der Waals surface area contributed by atoms with Crippen LogP contribution in [-0.4, -0.2) is 0 Å². The van der Waals surface area contributed by atoms with Crippen molar-refractivity contribution in [3.8, 4) is 0 Å². The summed E-state index contributed by atoms with van der Waals surface area (Å²) >= 11 is 6.11. The van der Waals surface area contributed by atoms with Gasteiger partial charge in [-0.15, -0.1) is 0 Å². The first kappa shape index (κ1) is 11.3. The molecule has 0 saturated carbocycles. The van der Waals surface area contributed by atoms with E-state index >= 15 is 0 Å². The molecule has 0 radical (unpaired) electrons. The van der Waals surface area contributed by atoms with Crippen molar-refractivity contribution in [1.29, 1.82) is 0 Å². The summed E-state index contributed by atoms with van der Waals surface area (Å²) in [6.45, 7) is 6.11. The van der Waals surface area contributed by atoms with Gasteiger partial charge in [0.15, 0.2) is 0 Å². The first-order valence-electron chi connectivity index (χ1n) is 5.23. The lowest BCUT2D eigenvalue weighted by Gasteiger charge is -2.15. The zero-order chi connectivity index (χ0) is 10.6. The third-order valence-electron chi connectivity index (χ3n) is 2.34. The highest BCUT2D eigenvalue weighted by Gasteiger charge is 2.11. The smallest absolute Gasteiger partial charge is 0.0444 e. The van der Waals surface area contributed by atoms with Gasteiger partial charge in [-0.25, -0.2) is 0 Å². The Morgan fingerprint density at radius 1 is 1.21 bits per heavy atom. The Morgan fingerprint density at radius 2 is 1.93 bits per heavy atom. The zero-order valence-corrected chi connectivity index (χ0v) is 9.86. The van der Waals surface area contributed by atoms with Crippen LogP contribution in [0.25, 0.3) is 5.03 Å². The monoisotopic (exact) mass is 208 g/mol. The summed E-state index contributed by atoms with van der Waals surface area (Å²) in [5.41, 5.74) is 3.93. The van der Waals surface area contributed by atoms with Crippen molar-refractivity contribution >= 4 is 16.6 Å². The van der Waals surface area contributed by atoms with Crippen LogP contribution in [0.3, 0.4) is 0 Å². The molecule has 0 nitrogen and oxygen atoms in total. The van der Waals surface area contributed by atoms with Gasteiger partial charge in [0.05, 0.1) is 0 Å². The predicted molar refractivity (Wildman–Crippen MR) is 64.7 cm³/mol. The summed E-state index contributed by atoms with van der Waals surface area (Å²) in [7, 11) is 0. The fourth-order valence-electron chi connectivity index (χ4n) is 1.74. The molecular weight excluding hydrogens is 192 g/mol. The van der Waals surface area contributed by atoms with Crippen molar-refractivity contribution in [2.24, 2.45) is 0 Å². The normalized spacial score (nSPS) is 13.6. The maximum absolute atomic E-state index is 6.11. The van der Waals surface area contributed by atoms with Crippen LogP contribution in [0.1, 0.15) is 37.0 Å². The molecule has 0 amide bonds. The van der Waals surface area contributed by atoms with Crippen molar-refractivity contribution in [2.45, 2.75) is 33.6 Å². The van der Waals surface area contributed by atoms with Crippen LogP contribution in [0.2, 0.25) is 0 Å². The highest BCUT2D eigenvalue weighted by Crippen LogP contribution is 2.31. The highest BCUT2D eigenvalue weighted by atomic mass is 35.5. The minimum Gasteiger partial charge on any atom is -0.0840 e. The van der Waals surface area contributed by atoms with Crippen LogP contribution in [0, 0.1) is 6.92 Å². The molecule has 14 heavy (non-hydrogen) atoms. The summed E-state index contributed by atoms with van der Waals surface area (Å²) in [6, 6.07) is 6.38. The van der Waals surface area contributed by atoms with Gasteiger partial charge in [-0.3, -0.25) is 0 Å². The Hall–Kier alpha value is -0.750. The van der Waals surface area contributed by atoms with Crippen molar-refractivity contribution in [1.82, 2.24) is 0 Å². The van der Waals surface area contributed by atoms with Gasteiger partial charge in [0.2, 0.25) is 0 Å². The fraction of sp³-hybridized carbons (Fsp3) is 0.385. The van der Waals surface area contributed by atoms with Crippen LogP contribution in [-0.2, 0) is 6.42 Å². The molecule has 76 valence electrons. The highest BCUT2D eigenvalue weighted by molar-refractivity contribution is 6.49. The number of halogens is 1. The number of aryl methyl sites for hydroxylation is 2. The second-order valence-electron chi connectivity index (χ2n) is 3.20. The number of allylic oxidation sites excluding steroid dienone is 1. The largest absolute Gasteiger partial charge is 0.0840 e. The molecule has 0 unspecified atom stereocenters. The molecule has 0 N–H and O–H groups in total. The number of rotatable bonds is 0. The van der Waals surface area contributed by atoms with Gasteiger partial charge in [-0.2, -0.15) is 0 Å². The van der Waals surface area contributed by atoms with Crippen LogP contribution >= 0.6 is 11.6 Å². The lowest BCUT2D eigenvalue weighted by Crippen LogP contribution is -1.98. The van der Waals surface area contributed by atoms with Crippen molar-refractivity contribution in [3.63, 3.8) is 0 Å². The van der Waals surface area contributed by atoms with E-state index in [2.05, 4.69) is 31.2 Å². The summed E-state index contributed by atoms with van der Waals surface area (Å²) < 4.78 is 0. The molecule has 0 bridgehead atoms. The summed E-state index contributed by atoms with van der Waals surface area (Å²) in [4.78, 5) is 0. The molecule has 1 aromatic carbocycles. The number of fused-ring (bicyclic) bond motifs is 1. The number of hydrogen-bond donors (Lipinski definition) is 0. The quantitative estimate of drug-likeness (QED) is 0.587. The minimum atomic E-state index is 0.925. The van der Waals surface area contributed by atoms with Crippen molar-refractivity contribution in [2.75, 3.05) is 0 Å². The molecule has 1 aliphatic carbocycles. The molecule has 0 aromatic heterocycles. The summed E-state index contributed by atoms with van der Waals surface area (Å²) in [6.07, 6.45) is 4.32. The van der Waals surface area contributed by atoms with Crippen LogP contribution in [0.15, 0.2) is 24.3 Å². The molecule has 0 atom stereocenters. The van der Waals surface area contributed by atoms with E-state index < -0.39 is 0 Å². The zero-order valence-electron chi connectivity index (χ0n) is 9.10. The van der Waals surface area contributed by atoms with E-state index in [1.165, 1.54) is 16.7 Å². The van der Waals surface area contributed by atoms with Gasteiger partial charge in [-0.1, -0.05) is 49.7 Å². The third kappa shape index (κ3) is 2.19. The fourth-order valence-corrected chi connectivity index (χ4v) is 2.11. The standard InChI is InChI=1S/C11H11Cl.C2H6/c1-8-4-2-5-9-6-3-7-10(12)11(8)9;1-2/h2,4-5,7H,3,6H2,1H3;1-2H3. The van der Waals surface area contributed by atoms with E-state index in [0.717, 1.165) is 17.9 Å². The molecule has 0 aliphatic heterocycles. The Kier molecular flexibility index (Phi) is 4.21. The molecule has 0 saturated heterocycles. The van der Waals surface area contributed by atoms with Crippen LogP contribution in [0.4, 0.5) is 0 Å². The Bertz CT molecular complexity index is 337. The van der Waals surface area contributed by atoms with Gasteiger partial charge in [-0.05, 0) is 36.5 Å². The third-order valence-corrected chi connectivity index (χ3v) is 2.68. The Balaban J connectivity index is 0.000000461. The lowest BCUT2D eigenvalue weighted by molar-refractivity contribution is 0.978. The second kappa shape index (κ2) is 5.21. The van der Waals surface area contributed by atoms with Gasteiger partial charge in [0.25, 0.3) is 0 Å². The molecule has 0 spiro atoms. The Morgan fingerprint density at radius 3 is 2.57 bits per heavy atom. The topological polar surface area (TPSA) is 0 Å². The van der Waals surface area contributed by atoms with E-state index in [0.29, 0.717) is 0 Å². The number of hydrogen-bond acceptors (Lipinski definition) is 0. The first-order valence-corrected chi connectivity index (χ1v) is 5.61. The van der Waals surface area contributed by atoms with E-state index in [1.807, 2.05) is 13.8 Å². The van der Waals surface area contributed by atoms with Gasteiger partial charge < -0.3 is 0 Å². The average molecular weight is 209 g/mol. The average Bonchev–Trinajstić information content (AvgIpc) is 2.21. The SMILES string of the molecule is CC.Cc1cccc2c1C(Cl)=CCC2.